The van der Waals surface area contributed by atoms with E-state index < -0.39 is 0 Å². The lowest BCUT2D eigenvalue weighted by molar-refractivity contribution is 0.0991. The molecular formula is C10H9FOS. The summed E-state index contributed by atoms with van der Waals surface area (Å²) in [6, 6.07) is 4.44. The standard InChI is InChI=1S/C10H9FOS/c1-6-10(12)9-4-8(11)3-2-7(9)5-13-6/h2-4,6H,5H2,1H3. The van der Waals surface area contributed by atoms with Crippen molar-refractivity contribution in [3.05, 3.63) is 35.1 Å². The van der Waals surface area contributed by atoms with Gasteiger partial charge in [-0.05, 0) is 24.6 Å². The molecule has 13 heavy (non-hydrogen) atoms. The van der Waals surface area contributed by atoms with Crippen LogP contribution in [0.4, 0.5) is 4.39 Å². The van der Waals surface area contributed by atoms with Gasteiger partial charge in [-0.25, -0.2) is 4.39 Å². The minimum atomic E-state index is -0.328. The highest BCUT2D eigenvalue weighted by atomic mass is 32.2. The molecule has 68 valence electrons. The highest BCUT2D eigenvalue weighted by molar-refractivity contribution is 8.00. The van der Waals surface area contributed by atoms with E-state index in [1.165, 1.54) is 12.1 Å². The second-order valence-electron chi connectivity index (χ2n) is 3.12. The third-order valence-electron chi connectivity index (χ3n) is 2.20. The summed E-state index contributed by atoms with van der Waals surface area (Å²) >= 11 is 1.60. The molecule has 1 unspecified atom stereocenters. The molecule has 0 aromatic heterocycles. The van der Waals surface area contributed by atoms with Gasteiger partial charge >= 0.3 is 0 Å². The van der Waals surface area contributed by atoms with Gasteiger partial charge in [0.25, 0.3) is 0 Å². The molecule has 0 radical (unpaired) electrons. The predicted octanol–water partition coefficient (Wildman–Crippen LogP) is 2.64. The zero-order valence-electron chi connectivity index (χ0n) is 7.21. The maximum Gasteiger partial charge on any atom is 0.175 e. The SMILES string of the molecule is CC1SCc2ccc(F)cc2C1=O. The van der Waals surface area contributed by atoms with Crippen LogP contribution in [-0.4, -0.2) is 11.0 Å². The summed E-state index contributed by atoms with van der Waals surface area (Å²) in [4.78, 5) is 11.6. The molecule has 0 amide bonds. The molecule has 0 saturated carbocycles. The minimum absolute atomic E-state index is 0.0331. The summed E-state index contributed by atoms with van der Waals surface area (Å²) < 4.78 is 12.8. The first-order valence-electron chi connectivity index (χ1n) is 4.13. The lowest BCUT2D eigenvalue weighted by Gasteiger charge is -2.19. The first-order chi connectivity index (χ1) is 6.18. The van der Waals surface area contributed by atoms with Gasteiger partial charge in [-0.15, -0.1) is 11.8 Å². The molecule has 0 saturated heterocycles. The first kappa shape index (κ1) is 8.75. The molecule has 1 nitrogen and oxygen atoms in total. The van der Waals surface area contributed by atoms with Crippen LogP contribution in [0.3, 0.4) is 0 Å². The number of halogens is 1. The average molecular weight is 196 g/mol. The average Bonchev–Trinajstić information content (AvgIpc) is 2.12. The molecule has 0 spiro atoms. The fourth-order valence-electron chi connectivity index (χ4n) is 1.41. The van der Waals surface area contributed by atoms with E-state index in [0.29, 0.717) is 5.56 Å². The van der Waals surface area contributed by atoms with Crippen molar-refractivity contribution in [3.8, 4) is 0 Å². The highest BCUT2D eigenvalue weighted by Gasteiger charge is 2.24. The number of thioether (sulfide) groups is 1. The Morgan fingerprint density at radius 2 is 2.31 bits per heavy atom. The van der Waals surface area contributed by atoms with Gasteiger partial charge in [0.1, 0.15) is 5.82 Å². The molecule has 0 N–H and O–H groups in total. The van der Waals surface area contributed by atoms with Crippen molar-refractivity contribution in [2.45, 2.75) is 17.9 Å². The molecule has 3 heteroatoms. The lowest BCUT2D eigenvalue weighted by Crippen LogP contribution is -2.20. The van der Waals surface area contributed by atoms with E-state index >= 15 is 0 Å². The molecule has 2 rings (SSSR count). The van der Waals surface area contributed by atoms with Crippen molar-refractivity contribution < 1.29 is 9.18 Å². The van der Waals surface area contributed by atoms with Gasteiger partial charge in [-0.2, -0.15) is 0 Å². The highest BCUT2D eigenvalue weighted by Crippen LogP contribution is 2.29. The number of fused-ring (bicyclic) bond motifs is 1. The van der Waals surface area contributed by atoms with Crippen molar-refractivity contribution >= 4 is 17.5 Å². The molecule has 1 aromatic rings. The number of carbonyl (C=O) groups excluding carboxylic acids is 1. The summed E-state index contributed by atoms with van der Waals surface area (Å²) in [6.07, 6.45) is 0. The summed E-state index contributed by atoms with van der Waals surface area (Å²) in [7, 11) is 0. The normalized spacial score (nSPS) is 21.4. The number of benzene rings is 1. The maximum absolute atomic E-state index is 12.8. The Balaban J connectivity index is 2.51. The number of rotatable bonds is 0. The summed E-state index contributed by atoms with van der Waals surface area (Å²) in [6.45, 7) is 1.86. The predicted molar refractivity (Wildman–Crippen MR) is 51.5 cm³/mol. The Hall–Kier alpha value is -0.830. The Morgan fingerprint density at radius 1 is 1.54 bits per heavy atom. The number of hydrogen-bond donors (Lipinski definition) is 0. The van der Waals surface area contributed by atoms with Gasteiger partial charge in [-0.1, -0.05) is 6.07 Å². The van der Waals surface area contributed by atoms with Crippen LogP contribution in [0.2, 0.25) is 0 Å². The Labute approximate surface area is 80.3 Å². The molecular weight excluding hydrogens is 187 g/mol. The third-order valence-corrected chi connectivity index (χ3v) is 3.39. The van der Waals surface area contributed by atoms with Crippen LogP contribution in [0, 0.1) is 5.82 Å². The molecule has 1 aromatic carbocycles. The first-order valence-corrected chi connectivity index (χ1v) is 5.17. The molecule has 1 aliphatic heterocycles. The molecule has 0 fully saturated rings. The number of ketones is 1. The Morgan fingerprint density at radius 3 is 3.08 bits per heavy atom. The van der Waals surface area contributed by atoms with Gasteiger partial charge in [0, 0.05) is 11.3 Å². The van der Waals surface area contributed by atoms with E-state index in [-0.39, 0.29) is 16.9 Å². The van der Waals surface area contributed by atoms with Crippen LogP contribution in [0.25, 0.3) is 0 Å². The molecule has 1 aliphatic rings. The van der Waals surface area contributed by atoms with Gasteiger partial charge < -0.3 is 0 Å². The molecule has 0 bridgehead atoms. The van der Waals surface area contributed by atoms with E-state index in [9.17, 15) is 9.18 Å². The zero-order valence-corrected chi connectivity index (χ0v) is 8.03. The van der Waals surface area contributed by atoms with Crippen LogP contribution in [0.1, 0.15) is 22.8 Å². The largest absolute Gasteiger partial charge is 0.293 e. The van der Waals surface area contributed by atoms with Crippen LogP contribution in [-0.2, 0) is 5.75 Å². The number of carbonyl (C=O) groups is 1. The van der Waals surface area contributed by atoms with Gasteiger partial charge in [-0.3, -0.25) is 4.79 Å². The molecule has 1 atom stereocenters. The maximum atomic E-state index is 12.8. The van der Waals surface area contributed by atoms with Crippen molar-refractivity contribution in [1.82, 2.24) is 0 Å². The fraction of sp³-hybridized carbons (Fsp3) is 0.300. The summed E-state index contributed by atoms with van der Waals surface area (Å²) in [5, 5.41) is -0.0331. The molecule has 0 aliphatic carbocycles. The number of hydrogen-bond acceptors (Lipinski definition) is 2. The number of Topliss-reactive ketones (excluding diaryl/α,β-unsaturated/α-hetero) is 1. The summed E-state index contributed by atoms with van der Waals surface area (Å²) in [5.74, 6) is 0.527. The van der Waals surface area contributed by atoms with E-state index in [1.54, 1.807) is 17.8 Å². The second-order valence-corrected chi connectivity index (χ2v) is 4.45. The topological polar surface area (TPSA) is 17.1 Å². The van der Waals surface area contributed by atoms with Gasteiger partial charge in [0.05, 0.1) is 5.25 Å². The van der Waals surface area contributed by atoms with E-state index in [1.807, 2.05) is 6.92 Å². The lowest BCUT2D eigenvalue weighted by atomic mass is 10.0. The fourth-order valence-corrected chi connectivity index (χ4v) is 2.37. The van der Waals surface area contributed by atoms with Crippen LogP contribution in [0.5, 0.6) is 0 Å². The minimum Gasteiger partial charge on any atom is -0.293 e. The van der Waals surface area contributed by atoms with E-state index in [0.717, 1.165) is 11.3 Å². The van der Waals surface area contributed by atoms with E-state index in [2.05, 4.69) is 0 Å². The van der Waals surface area contributed by atoms with Crippen molar-refractivity contribution in [2.75, 3.05) is 0 Å². The second kappa shape index (κ2) is 3.14. The van der Waals surface area contributed by atoms with Crippen molar-refractivity contribution in [2.24, 2.45) is 0 Å². The van der Waals surface area contributed by atoms with E-state index in [4.69, 9.17) is 0 Å². The Kier molecular flexibility index (Phi) is 2.12. The van der Waals surface area contributed by atoms with Gasteiger partial charge in [0.15, 0.2) is 5.78 Å². The third kappa shape index (κ3) is 1.48. The summed E-state index contributed by atoms with van der Waals surface area (Å²) in [5.41, 5.74) is 1.51. The van der Waals surface area contributed by atoms with Crippen molar-refractivity contribution in [1.29, 1.82) is 0 Å². The van der Waals surface area contributed by atoms with Crippen LogP contribution < -0.4 is 0 Å². The van der Waals surface area contributed by atoms with Gasteiger partial charge in [0.2, 0.25) is 0 Å². The van der Waals surface area contributed by atoms with Crippen LogP contribution >= 0.6 is 11.8 Å². The Bertz CT molecular complexity index is 362. The monoisotopic (exact) mass is 196 g/mol. The van der Waals surface area contributed by atoms with Crippen molar-refractivity contribution in [3.63, 3.8) is 0 Å². The smallest absolute Gasteiger partial charge is 0.175 e. The molecule has 1 heterocycles. The van der Waals surface area contributed by atoms with Crippen LogP contribution in [0.15, 0.2) is 18.2 Å². The quantitative estimate of drug-likeness (QED) is 0.634. The zero-order chi connectivity index (χ0) is 9.42.